The van der Waals surface area contributed by atoms with Gasteiger partial charge in [0.15, 0.2) is 5.78 Å². The van der Waals surface area contributed by atoms with E-state index in [1.165, 1.54) is 0 Å². The number of fused-ring (bicyclic) bond motifs is 3. The van der Waals surface area contributed by atoms with Gasteiger partial charge in [-0.3, -0.25) is 4.79 Å². The van der Waals surface area contributed by atoms with Gasteiger partial charge < -0.3 is 4.74 Å². The lowest BCUT2D eigenvalue weighted by Crippen LogP contribution is -2.27. The minimum atomic E-state index is 0.285. The summed E-state index contributed by atoms with van der Waals surface area (Å²) in [5, 5.41) is 0. The van der Waals surface area contributed by atoms with Crippen LogP contribution in [0.2, 0.25) is 0 Å². The van der Waals surface area contributed by atoms with E-state index in [1.807, 2.05) is 12.1 Å². The molecule has 18 heavy (non-hydrogen) atoms. The minimum Gasteiger partial charge on any atom is -0.501 e. The van der Waals surface area contributed by atoms with E-state index in [2.05, 4.69) is 28.1 Å². The van der Waals surface area contributed by atoms with Crippen molar-refractivity contribution in [1.29, 1.82) is 0 Å². The van der Waals surface area contributed by atoms with Crippen LogP contribution in [0.25, 0.3) is 0 Å². The highest BCUT2D eigenvalue weighted by atomic mass is 79.9. The molecule has 0 saturated carbocycles. The molecule has 3 heteroatoms. The molecule has 1 aromatic carbocycles. The number of hydrogen-bond donors (Lipinski definition) is 0. The molecule has 0 heterocycles. The number of benzene rings is 1. The van der Waals surface area contributed by atoms with Crippen LogP contribution in [0.3, 0.4) is 0 Å². The smallest absolute Gasteiger partial charge is 0.163 e. The summed E-state index contributed by atoms with van der Waals surface area (Å²) in [6, 6.07) is 5.97. The largest absolute Gasteiger partial charge is 0.501 e. The van der Waals surface area contributed by atoms with Gasteiger partial charge in [0.2, 0.25) is 0 Å². The molecule has 1 aromatic rings. The molecule has 2 aliphatic rings. The topological polar surface area (TPSA) is 26.3 Å². The highest BCUT2D eigenvalue weighted by Crippen LogP contribution is 2.44. The van der Waals surface area contributed by atoms with E-state index in [9.17, 15) is 4.79 Å². The van der Waals surface area contributed by atoms with Crippen molar-refractivity contribution in [2.45, 2.75) is 25.2 Å². The van der Waals surface area contributed by atoms with E-state index < -0.39 is 0 Å². The third-order valence-corrected chi connectivity index (χ3v) is 4.51. The summed E-state index contributed by atoms with van der Waals surface area (Å²) in [4.78, 5) is 12.1. The third-order valence-electron chi connectivity index (χ3n) is 4.02. The van der Waals surface area contributed by atoms with Gasteiger partial charge in [0.1, 0.15) is 0 Å². The third kappa shape index (κ3) is 1.91. The highest BCUT2D eigenvalue weighted by Gasteiger charge is 2.35. The number of Topliss-reactive ketones (excluding diaryl/α,β-unsaturated/α-hetero) is 1. The lowest BCUT2D eigenvalue weighted by molar-refractivity contribution is 0.0932. The summed E-state index contributed by atoms with van der Waals surface area (Å²) in [6.07, 6.45) is 4.87. The van der Waals surface area contributed by atoms with Gasteiger partial charge in [0.05, 0.1) is 12.9 Å². The number of carbonyl (C=O) groups excluding carboxylic acids is 1. The van der Waals surface area contributed by atoms with Crippen molar-refractivity contribution in [3.63, 3.8) is 0 Å². The molecule has 0 unspecified atom stereocenters. The van der Waals surface area contributed by atoms with Crippen molar-refractivity contribution in [2.24, 2.45) is 5.92 Å². The Balaban J connectivity index is 2.11. The molecule has 94 valence electrons. The normalized spacial score (nSPS) is 26.1. The Morgan fingerprint density at radius 2 is 2.22 bits per heavy atom. The average Bonchev–Trinajstić information content (AvgIpc) is 2.38. The molecule has 0 amide bonds. The van der Waals surface area contributed by atoms with Crippen molar-refractivity contribution in [3.8, 4) is 0 Å². The van der Waals surface area contributed by atoms with E-state index in [1.54, 1.807) is 7.11 Å². The fraction of sp³-hybridized carbons (Fsp3) is 0.400. The molecule has 0 fully saturated rings. The zero-order valence-electron chi connectivity index (χ0n) is 10.3. The molecule has 0 N–H and O–H groups in total. The van der Waals surface area contributed by atoms with Crippen LogP contribution in [0.5, 0.6) is 0 Å². The highest BCUT2D eigenvalue weighted by molar-refractivity contribution is 9.10. The maximum absolute atomic E-state index is 12.1. The van der Waals surface area contributed by atoms with E-state index in [0.717, 1.165) is 34.2 Å². The molecule has 0 saturated heterocycles. The van der Waals surface area contributed by atoms with Crippen LogP contribution in [-0.4, -0.2) is 12.9 Å². The van der Waals surface area contributed by atoms with Crippen LogP contribution in [0.1, 0.15) is 41.1 Å². The van der Waals surface area contributed by atoms with Crippen LogP contribution in [-0.2, 0) is 4.74 Å². The number of halogens is 1. The first-order valence-corrected chi connectivity index (χ1v) is 7.05. The quantitative estimate of drug-likeness (QED) is 0.782. The zero-order chi connectivity index (χ0) is 12.7. The van der Waals surface area contributed by atoms with E-state index in [0.29, 0.717) is 18.3 Å². The Labute approximate surface area is 115 Å². The summed E-state index contributed by atoms with van der Waals surface area (Å²) >= 11 is 3.50. The number of hydrogen-bond acceptors (Lipinski definition) is 2. The predicted molar refractivity (Wildman–Crippen MR) is 73.6 cm³/mol. The maximum Gasteiger partial charge on any atom is 0.163 e. The average molecular weight is 307 g/mol. The Kier molecular flexibility index (Phi) is 3.02. The minimum absolute atomic E-state index is 0.285. The second kappa shape index (κ2) is 4.54. The van der Waals surface area contributed by atoms with Gasteiger partial charge in [0.25, 0.3) is 0 Å². The maximum atomic E-state index is 12.1. The second-order valence-corrected chi connectivity index (χ2v) is 5.94. The summed E-state index contributed by atoms with van der Waals surface area (Å²) in [5.74, 6) is 2.11. The molecular formula is C15H15BrO2. The van der Waals surface area contributed by atoms with Gasteiger partial charge in [-0.05, 0) is 42.2 Å². The number of methoxy groups -OCH3 is 1. The number of rotatable bonds is 1. The van der Waals surface area contributed by atoms with Crippen LogP contribution < -0.4 is 0 Å². The summed E-state index contributed by atoms with van der Waals surface area (Å²) in [6.45, 7) is 0. The number of ether oxygens (including phenoxy) is 1. The van der Waals surface area contributed by atoms with Gasteiger partial charge >= 0.3 is 0 Å². The van der Waals surface area contributed by atoms with Crippen LogP contribution >= 0.6 is 15.9 Å². The van der Waals surface area contributed by atoms with Crippen LogP contribution in [0, 0.1) is 5.92 Å². The molecule has 0 aromatic heterocycles. The van der Waals surface area contributed by atoms with Crippen molar-refractivity contribution >= 4 is 21.7 Å². The van der Waals surface area contributed by atoms with Crippen LogP contribution in [0.15, 0.2) is 34.5 Å². The molecule has 2 aliphatic carbocycles. The molecule has 0 bridgehead atoms. The van der Waals surface area contributed by atoms with E-state index >= 15 is 0 Å². The molecule has 3 rings (SSSR count). The summed E-state index contributed by atoms with van der Waals surface area (Å²) in [5.41, 5.74) is 2.04. The van der Waals surface area contributed by atoms with Crippen molar-refractivity contribution in [3.05, 3.63) is 45.6 Å². The lowest BCUT2D eigenvalue weighted by atomic mass is 9.70. The van der Waals surface area contributed by atoms with Crippen molar-refractivity contribution in [2.75, 3.05) is 7.11 Å². The molecule has 2 nitrogen and oxygen atoms in total. The van der Waals surface area contributed by atoms with Crippen LogP contribution in [0.4, 0.5) is 0 Å². The zero-order valence-corrected chi connectivity index (χ0v) is 11.9. The van der Waals surface area contributed by atoms with Gasteiger partial charge in [-0.2, -0.15) is 0 Å². The summed E-state index contributed by atoms with van der Waals surface area (Å²) < 4.78 is 6.41. The first kappa shape index (κ1) is 12.0. The fourth-order valence-corrected chi connectivity index (χ4v) is 3.46. The lowest BCUT2D eigenvalue weighted by Gasteiger charge is -2.34. The van der Waals surface area contributed by atoms with Crippen molar-refractivity contribution in [1.82, 2.24) is 0 Å². The fourth-order valence-electron chi connectivity index (χ4n) is 3.08. The van der Waals surface area contributed by atoms with Gasteiger partial charge in [-0.1, -0.05) is 15.9 Å². The molecule has 0 aliphatic heterocycles. The van der Waals surface area contributed by atoms with Gasteiger partial charge in [0, 0.05) is 28.8 Å². The molecule has 0 radical (unpaired) electrons. The Morgan fingerprint density at radius 3 is 3.00 bits per heavy atom. The van der Waals surface area contributed by atoms with Gasteiger partial charge in [-0.25, -0.2) is 0 Å². The number of allylic oxidation sites excluding steroid dienone is 2. The first-order chi connectivity index (χ1) is 8.69. The molecule has 2 atom stereocenters. The van der Waals surface area contributed by atoms with E-state index in [-0.39, 0.29) is 5.78 Å². The molecule has 0 spiro atoms. The first-order valence-electron chi connectivity index (χ1n) is 6.26. The Bertz CT molecular complexity index is 533. The van der Waals surface area contributed by atoms with E-state index in [4.69, 9.17) is 4.74 Å². The van der Waals surface area contributed by atoms with Gasteiger partial charge in [-0.15, -0.1) is 0 Å². The Morgan fingerprint density at radius 1 is 1.39 bits per heavy atom. The van der Waals surface area contributed by atoms with Crippen molar-refractivity contribution < 1.29 is 9.53 Å². The standard InChI is InChI=1S/C15H15BrO2/c1-18-11-4-2-9-6-15(17)12-5-3-10(16)7-14(12)13(9)8-11/h3,5,7-9,13H,2,4,6H2,1H3/t9-,13-/m0/s1. The second-order valence-electron chi connectivity index (χ2n) is 5.02. The monoisotopic (exact) mass is 306 g/mol. The number of ketones is 1. The summed E-state index contributed by atoms with van der Waals surface area (Å²) in [7, 11) is 1.72. The Hall–Kier alpha value is -1.09. The number of carbonyl (C=O) groups is 1. The molecular weight excluding hydrogens is 292 g/mol. The predicted octanol–water partition coefficient (Wildman–Crippen LogP) is 4.06. The SMILES string of the molecule is COC1=C[C@@H]2c3cc(Br)ccc3C(=O)C[C@@H]2CC1.